The lowest BCUT2D eigenvalue weighted by Crippen LogP contribution is -2.60. The van der Waals surface area contributed by atoms with Gasteiger partial charge in [0, 0.05) is 6.92 Å². The van der Waals surface area contributed by atoms with Gasteiger partial charge in [-0.3, -0.25) is 4.79 Å². The first-order valence-corrected chi connectivity index (χ1v) is 7.22. The van der Waals surface area contributed by atoms with Gasteiger partial charge in [0.25, 0.3) is 0 Å². The Kier molecular flexibility index (Phi) is 7.77. The number of aliphatic hydroxyl groups excluding tert-OH is 5. The molecule has 1 rings (SSSR count). The Labute approximate surface area is 133 Å². The Morgan fingerprint density at radius 2 is 1.87 bits per heavy atom. The summed E-state index contributed by atoms with van der Waals surface area (Å²) in [6.07, 6.45) is -9.12. The number of hydrogen-bond acceptors (Lipinski definition) is 10. The second-order valence-corrected chi connectivity index (χ2v) is 5.50. The van der Waals surface area contributed by atoms with Crippen LogP contribution in [0.1, 0.15) is 13.8 Å². The number of rotatable bonds is 7. The molecule has 0 radical (unpaired) electrons. The highest BCUT2D eigenvalue weighted by Crippen LogP contribution is 2.22. The van der Waals surface area contributed by atoms with E-state index in [2.05, 4.69) is 0 Å². The second-order valence-electron chi connectivity index (χ2n) is 5.50. The van der Waals surface area contributed by atoms with Gasteiger partial charge in [0.1, 0.15) is 36.6 Å². The molecule has 23 heavy (non-hydrogen) atoms. The van der Waals surface area contributed by atoms with Crippen molar-refractivity contribution in [3.8, 4) is 0 Å². The Morgan fingerprint density at radius 3 is 2.39 bits per heavy atom. The van der Waals surface area contributed by atoms with Crippen molar-refractivity contribution in [3.05, 3.63) is 0 Å². The van der Waals surface area contributed by atoms with Crippen molar-refractivity contribution in [2.45, 2.75) is 62.8 Å². The van der Waals surface area contributed by atoms with Crippen LogP contribution in [0.2, 0.25) is 0 Å². The standard InChI is InChI=1S/C13H25NO9/c1-5(22-6(2)16)9(17)7(14)4-21-13-12(20)11(19)10(18)8(3-15)23-13/h5,7-13,15,17-20H,3-4,14H2,1-2H3/t5-,7+,8?,9-,10+,11?,12?,13+/m1/s1. The van der Waals surface area contributed by atoms with Gasteiger partial charge >= 0.3 is 5.97 Å². The van der Waals surface area contributed by atoms with Crippen LogP contribution in [-0.4, -0.2) is 93.7 Å². The normalized spacial score (nSPS) is 35.4. The van der Waals surface area contributed by atoms with E-state index in [4.69, 9.17) is 25.1 Å². The average molecular weight is 339 g/mol. The molecule has 0 amide bonds. The fourth-order valence-corrected chi connectivity index (χ4v) is 2.19. The molecule has 1 aliphatic rings. The lowest BCUT2D eigenvalue weighted by molar-refractivity contribution is -0.302. The SMILES string of the molecule is CC(=O)O[C@H](C)[C@@H](O)[C@@H](N)CO[C@H]1OC(CO)[C@H](O)C(O)C1O. The molecule has 10 heteroatoms. The first kappa shape index (κ1) is 20.2. The fourth-order valence-electron chi connectivity index (χ4n) is 2.19. The summed E-state index contributed by atoms with van der Waals surface area (Å²) in [6, 6.07) is -0.961. The highest BCUT2D eigenvalue weighted by Gasteiger charge is 2.44. The molecule has 0 aliphatic carbocycles. The summed E-state index contributed by atoms with van der Waals surface area (Å²) in [4.78, 5) is 10.8. The second kappa shape index (κ2) is 8.85. The van der Waals surface area contributed by atoms with Crippen molar-refractivity contribution in [3.63, 3.8) is 0 Å². The molecule has 0 aromatic carbocycles. The van der Waals surface area contributed by atoms with Crippen LogP contribution >= 0.6 is 0 Å². The maximum atomic E-state index is 10.8. The van der Waals surface area contributed by atoms with E-state index in [9.17, 15) is 25.2 Å². The van der Waals surface area contributed by atoms with Gasteiger partial charge in [-0.25, -0.2) is 0 Å². The molecule has 10 nitrogen and oxygen atoms in total. The van der Waals surface area contributed by atoms with E-state index in [1.165, 1.54) is 13.8 Å². The van der Waals surface area contributed by atoms with E-state index in [0.29, 0.717) is 0 Å². The van der Waals surface area contributed by atoms with E-state index >= 15 is 0 Å². The fraction of sp³-hybridized carbons (Fsp3) is 0.923. The maximum Gasteiger partial charge on any atom is 0.302 e. The minimum Gasteiger partial charge on any atom is -0.460 e. The van der Waals surface area contributed by atoms with E-state index in [0.717, 1.165) is 0 Å². The van der Waals surface area contributed by atoms with E-state index < -0.39 is 61.5 Å². The van der Waals surface area contributed by atoms with Crippen LogP contribution in [0.15, 0.2) is 0 Å². The molecular weight excluding hydrogens is 314 g/mol. The summed E-state index contributed by atoms with van der Waals surface area (Å²) in [5.41, 5.74) is 5.72. The number of aliphatic hydroxyl groups is 5. The first-order chi connectivity index (χ1) is 10.7. The largest absolute Gasteiger partial charge is 0.460 e. The molecule has 0 aromatic heterocycles. The van der Waals surface area contributed by atoms with Crippen LogP contribution in [0.3, 0.4) is 0 Å². The van der Waals surface area contributed by atoms with Crippen molar-refractivity contribution in [1.29, 1.82) is 0 Å². The number of hydrogen-bond donors (Lipinski definition) is 6. The van der Waals surface area contributed by atoms with Crippen LogP contribution < -0.4 is 5.73 Å². The molecule has 1 aliphatic heterocycles. The molecule has 0 spiro atoms. The van der Waals surface area contributed by atoms with Crippen LogP contribution in [0, 0.1) is 0 Å². The van der Waals surface area contributed by atoms with Crippen molar-refractivity contribution >= 4 is 5.97 Å². The minimum absolute atomic E-state index is 0.282. The maximum absolute atomic E-state index is 10.8. The highest BCUT2D eigenvalue weighted by atomic mass is 16.7. The van der Waals surface area contributed by atoms with Gasteiger partial charge in [-0.1, -0.05) is 0 Å². The van der Waals surface area contributed by atoms with Crippen molar-refractivity contribution < 1.29 is 44.5 Å². The van der Waals surface area contributed by atoms with Crippen molar-refractivity contribution in [2.24, 2.45) is 5.73 Å². The van der Waals surface area contributed by atoms with Crippen LogP contribution in [0.4, 0.5) is 0 Å². The Balaban J connectivity index is 2.54. The minimum atomic E-state index is -1.56. The quantitative estimate of drug-likeness (QED) is 0.255. The molecule has 1 heterocycles. The molecule has 0 bridgehead atoms. The predicted molar refractivity (Wildman–Crippen MR) is 74.9 cm³/mol. The zero-order valence-electron chi connectivity index (χ0n) is 13.0. The van der Waals surface area contributed by atoms with Crippen molar-refractivity contribution in [2.75, 3.05) is 13.2 Å². The van der Waals surface area contributed by atoms with Crippen LogP contribution in [-0.2, 0) is 19.0 Å². The number of carbonyl (C=O) groups is 1. The summed E-state index contributed by atoms with van der Waals surface area (Å²) in [7, 11) is 0. The summed E-state index contributed by atoms with van der Waals surface area (Å²) in [5.74, 6) is -0.571. The van der Waals surface area contributed by atoms with Gasteiger partial charge in [0.2, 0.25) is 0 Å². The summed E-state index contributed by atoms with van der Waals surface area (Å²) >= 11 is 0. The monoisotopic (exact) mass is 339 g/mol. The number of esters is 1. The zero-order chi connectivity index (χ0) is 17.7. The van der Waals surface area contributed by atoms with Gasteiger partial charge in [0.05, 0.1) is 19.3 Å². The lowest BCUT2D eigenvalue weighted by Gasteiger charge is -2.40. The summed E-state index contributed by atoms with van der Waals surface area (Å²) in [6.45, 7) is 1.79. The Hall–Kier alpha value is -0.850. The smallest absolute Gasteiger partial charge is 0.302 e. The van der Waals surface area contributed by atoms with Gasteiger partial charge < -0.3 is 45.5 Å². The third kappa shape index (κ3) is 5.33. The third-order valence-corrected chi connectivity index (χ3v) is 3.57. The van der Waals surface area contributed by atoms with Gasteiger partial charge in [-0.05, 0) is 6.92 Å². The number of ether oxygens (including phenoxy) is 3. The van der Waals surface area contributed by atoms with E-state index in [1.54, 1.807) is 0 Å². The van der Waals surface area contributed by atoms with Crippen LogP contribution in [0.25, 0.3) is 0 Å². The highest BCUT2D eigenvalue weighted by molar-refractivity contribution is 5.66. The molecule has 1 fully saturated rings. The van der Waals surface area contributed by atoms with E-state index in [1.807, 2.05) is 0 Å². The zero-order valence-corrected chi connectivity index (χ0v) is 13.0. The average Bonchev–Trinajstić information content (AvgIpc) is 2.50. The molecule has 3 unspecified atom stereocenters. The van der Waals surface area contributed by atoms with Gasteiger partial charge in [-0.2, -0.15) is 0 Å². The van der Waals surface area contributed by atoms with Crippen molar-refractivity contribution in [1.82, 2.24) is 0 Å². The Bertz CT molecular complexity index is 380. The summed E-state index contributed by atoms with van der Waals surface area (Å²) < 4.78 is 15.1. The summed E-state index contributed by atoms with van der Waals surface area (Å²) in [5, 5.41) is 48.0. The van der Waals surface area contributed by atoms with Gasteiger partial charge in [-0.15, -0.1) is 0 Å². The predicted octanol–water partition coefficient (Wildman–Crippen LogP) is -3.56. The molecule has 8 atom stereocenters. The van der Waals surface area contributed by atoms with E-state index in [-0.39, 0.29) is 6.61 Å². The molecular formula is C13H25NO9. The molecule has 1 saturated heterocycles. The number of nitrogens with two attached hydrogens (primary N) is 1. The topological polar surface area (TPSA) is 172 Å². The third-order valence-electron chi connectivity index (χ3n) is 3.57. The van der Waals surface area contributed by atoms with Gasteiger partial charge in [0.15, 0.2) is 6.29 Å². The lowest BCUT2D eigenvalue weighted by atomic mass is 9.99. The molecule has 0 saturated carbocycles. The Morgan fingerprint density at radius 1 is 1.26 bits per heavy atom. The molecule has 7 N–H and O–H groups in total. The molecule has 136 valence electrons. The number of carbonyl (C=O) groups excluding carboxylic acids is 1. The first-order valence-electron chi connectivity index (χ1n) is 7.22. The van der Waals surface area contributed by atoms with Crippen LogP contribution in [0.5, 0.6) is 0 Å². The molecule has 0 aromatic rings.